The molecule has 0 bridgehead atoms. The number of hydrogen-bond donors (Lipinski definition) is 1. The number of nitrogens with one attached hydrogen (secondary N) is 1. The fraction of sp³-hybridized carbons (Fsp3) is 0.778. The molecule has 0 fully saturated rings. The van der Waals surface area contributed by atoms with Gasteiger partial charge in [-0.05, 0) is 0 Å². The van der Waals surface area contributed by atoms with Crippen LogP contribution in [0.4, 0.5) is 4.79 Å². The van der Waals surface area contributed by atoms with E-state index in [-0.39, 0.29) is 4.68 Å². The summed E-state index contributed by atoms with van der Waals surface area (Å²) in [7, 11) is 0. The zero-order valence-electron chi connectivity index (χ0n) is 8.92. The molecule has 0 heterocycles. The van der Waals surface area contributed by atoms with Crippen LogP contribution in [-0.2, 0) is 9.53 Å². The van der Waals surface area contributed by atoms with Crippen molar-refractivity contribution in [1.29, 1.82) is 0 Å². The van der Waals surface area contributed by atoms with Gasteiger partial charge in [0.25, 0.3) is 0 Å². The third-order valence-electron chi connectivity index (χ3n) is 1.38. The molecule has 0 aromatic rings. The second-order valence-electron chi connectivity index (χ2n) is 3.93. The first-order valence-electron chi connectivity index (χ1n) is 4.46. The van der Waals surface area contributed by atoms with E-state index in [9.17, 15) is 9.59 Å². The van der Waals surface area contributed by atoms with Gasteiger partial charge in [-0.25, -0.2) is 0 Å². The molecule has 0 spiro atoms. The van der Waals surface area contributed by atoms with Gasteiger partial charge in [-0.2, -0.15) is 0 Å². The third-order valence-corrected chi connectivity index (χ3v) is 1.98. The van der Waals surface area contributed by atoms with Crippen LogP contribution in [0, 0.1) is 0 Å². The van der Waals surface area contributed by atoms with E-state index < -0.39 is 17.7 Å². The zero-order chi connectivity index (χ0) is 11.4. The van der Waals surface area contributed by atoms with Gasteiger partial charge in [0, 0.05) is 0 Å². The molecule has 14 heavy (non-hydrogen) atoms. The van der Waals surface area contributed by atoms with Crippen molar-refractivity contribution in [3.63, 3.8) is 0 Å². The summed E-state index contributed by atoms with van der Waals surface area (Å²) in [6.07, 6.45) is -0.0154. The topological polar surface area (TPSA) is 55.4 Å². The molecule has 1 atom stereocenters. The molecule has 0 saturated heterocycles. The van der Waals surface area contributed by atoms with Gasteiger partial charge in [0.05, 0.1) is 0 Å². The maximum atomic E-state index is 11.2. The summed E-state index contributed by atoms with van der Waals surface area (Å²) in [6, 6.07) is -0.496. The predicted octanol–water partition coefficient (Wildman–Crippen LogP) is 0.985. The van der Waals surface area contributed by atoms with Crippen LogP contribution in [0.15, 0.2) is 0 Å². The molecule has 81 valence electrons. The molecule has 0 aromatic heterocycles. The molecule has 0 aliphatic carbocycles. The van der Waals surface area contributed by atoms with Crippen LogP contribution in [-0.4, -0.2) is 38.4 Å². The Morgan fingerprint density at radius 3 is 2.21 bits per heavy atom. The minimum atomic E-state index is -0.562. The van der Waals surface area contributed by atoms with E-state index in [1.54, 1.807) is 20.8 Å². The Morgan fingerprint density at radius 2 is 1.93 bits per heavy atom. The molecule has 1 radical (unpaired) electrons. The Morgan fingerprint density at radius 1 is 1.43 bits per heavy atom. The molecule has 4 nitrogen and oxygen atoms in total. The third kappa shape index (κ3) is 6.00. The summed E-state index contributed by atoms with van der Waals surface area (Å²) in [5, 5.41) is 2.48. The van der Waals surface area contributed by atoms with Crippen molar-refractivity contribution in [1.82, 2.24) is 5.32 Å². The van der Waals surface area contributed by atoms with E-state index >= 15 is 0 Å². The summed E-state index contributed by atoms with van der Waals surface area (Å²) < 4.78 is 4.82. The van der Waals surface area contributed by atoms with Gasteiger partial charge in [0.2, 0.25) is 0 Å². The Kier molecular flexibility index (Phi) is 5.16. The molecular weight excluding hydrogens is 249 g/mol. The van der Waals surface area contributed by atoms with Crippen LogP contribution in [0.3, 0.4) is 0 Å². The Hall–Kier alpha value is -0.541. The second kappa shape index (κ2) is 5.37. The average molecular weight is 265 g/mol. The summed E-state index contributed by atoms with van der Waals surface area (Å²) in [5.41, 5.74) is -0.539. The van der Waals surface area contributed by atoms with Gasteiger partial charge in [-0.3, -0.25) is 0 Å². The molecule has 0 aliphatic rings. The van der Waals surface area contributed by atoms with E-state index in [2.05, 4.69) is 21.3 Å². The predicted molar refractivity (Wildman–Crippen MR) is 54.2 cm³/mol. The first kappa shape index (κ1) is 13.5. The van der Waals surface area contributed by atoms with Crippen molar-refractivity contribution in [3.05, 3.63) is 0 Å². The summed E-state index contributed by atoms with van der Waals surface area (Å²) >= 11 is 2.35. The molecule has 1 N–H and O–H groups in total. The fourth-order valence-corrected chi connectivity index (χ4v) is 1.25. The van der Waals surface area contributed by atoms with E-state index in [1.807, 2.05) is 6.92 Å². The number of carbonyl (C=O) groups excluding carboxylic acids is 2. The molecule has 0 aromatic carbocycles. The van der Waals surface area contributed by atoms with E-state index in [0.717, 1.165) is 0 Å². The van der Waals surface area contributed by atoms with Crippen LogP contribution < -0.4 is 5.32 Å². The number of carbonyl (C=O) groups is 2. The van der Waals surface area contributed by atoms with Crippen LogP contribution in [0.25, 0.3) is 0 Å². The average Bonchev–Trinajstić information content (AvgIpc) is 1.96. The standard InChI is InChI=1S/C9H16NO3Se/c1-5-6(7(11)14)10-8(12)13-9(2,3)4/h6H,5H2,1-4H3,(H,10,12). The molecular formula is C9H16NO3Se. The van der Waals surface area contributed by atoms with Gasteiger partial charge in [-0.1, -0.05) is 0 Å². The molecule has 0 rings (SSSR count). The zero-order valence-corrected chi connectivity index (χ0v) is 10.6. The fourth-order valence-electron chi connectivity index (χ4n) is 0.777. The SMILES string of the molecule is CCC(NC(=O)OC(C)(C)C)C(=O)[Se]. The van der Waals surface area contributed by atoms with Gasteiger partial charge in [0.1, 0.15) is 0 Å². The van der Waals surface area contributed by atoms with Crippen molar-refractivity contribution in [2.75, 3.05) is 0 Å². The number of amides is 1. The number of ether oxygens (including phenoxy) is 1. The quantitative estimate of drug-likeness (QED) is 0.774. The molecule has 0 aliphatic heterocycles. The van der Waals surface area contributed by atoms with E-state index in [1.165, 1.54) is 0 Å². The van der Waals surface area contributed by atoms with Gasteiger partial charge < -0.3 is 0 Å². The molecule has 1 unspecified atom stereocenters. The molecule has 0 saturated carbocycles. The Labute approximate surface area is 92.6 Å². The van der Waals surface area contributed by atoms with Crippen molar-refractivity contribution >= 4 is 26.8 Å². The molecule has 1 amide bonds. The monoisotopic (exact) mass is 266 g/mol. The number of rotatable bonds is 3. The van der Waals surface area contributed by atoms with Crippen molar-refractivity contribution in [3.8, 4) is 0 Å². The van der Waals surface area contributed by atoms with Crippen LogP contribution >= 0.6 is 0 Å². The summed E-state index contributed by atoms with van der Waals surface area (Å²) in [5.74, 6) is 0. The van der Waals surface area contributed by atoms with E-state index in [4.69, 9.17) is 4.74 Å². The van der Waals surface area contributed by atoms with E-state index in [0.29, 0.717) is 6.42 Å². The maximum absolute atomic E-state index is 11.2. The molecule has 5 heteroatoms. The van der Waals surface area contributed by atoms with Crippen molar-refractivity contribution in [2.45, 2.75) is 45.8 Å². The van der Waals surface area contributed by atoms with Crippen molar-refractivity contribution < 1.29 is 14.3 Å². The summed E-state index contributed by atoms with van der Waals surface area (Å²) in [4.78, 5) is 22.2. The van der Waals surface area contributed by atoms with Gasteiger partial charge in [-0.15, -0.1) is 0 Å². The van der Waals surface area contributed by atoms with Crippen LogP contribution in [0.2, 0.25) is 0 Å². The first-order valence-corrected chi connectivity index (χ1v) is 5.32. The van der Waals surface area contributed by atoms with Gasteiger partial charge >= 0.3 is 92.2 Å². The Bertz CT molecular complexity index is 223. The second-order valence-corrected chi connectivity index (χ2v) is 4.77. The number of hydrogen-bond acceptors (Lipinski definition) is 3. The first-order chi connectivity index (χ1) is 6.26. The van der Waals surface area contributed by atoms with Gasteiger partial charge in [0.15, 0.2) is 0 Å². The van der Waals surface area contributed by atoms with Crippen LogP contribution in [0.5, 0.6) is 0 Å². The normalized spacial score (nSPS) is 13.1. The Balaban J connectivity index is 4.11. The number of alkyl carbamates (subject to hydrolysis) is 1. The van der Waals surface area contributed by atoms with Crippen molar-refractivity contribution in [2.24, 2.45) is 0 Å². The summed E-state index contributed by atoms with van der Waals surface area (Å²) in [6.45, 7) is 7.13. The van der Waals surface area contributed by atoms with Crippen LogP contribution in [0.1, 0.15) is 34.1 Å². The minimum absolute atomic E-state index is 0.182.